The predicted octanol–water partition coefficient (Wildman–Crippen LogP) is 3.68. The van der Waals surface area contributed by atoms with Crippen molar-refractivity contribution in [2.24, 2.45) is 0 Å². The van der Waals surface area contributed by atoms with Gasteiger partial charge in [-0.2, -0.15) is 8.78 Å². The van der Waals surface area contributed by atoms with Crippen molar-refractivity contribution in [3.05, 3.63) is 63.6 Å². The Labute approximate surface area is 164 Å². The SMILES string of the molecule is O=C(CNC(=O)c1ccc(Cl)c(Cl)c1)NCCc1ccc(OC(F)F)cc1. The molecule has 0 aliphatic carbocycles. The Balaban J connectivity index is 1.71. The van der Waals surface area contributed by atoms with Crippen LogP contribution in [0.15, 0.2) is 42.5 Å². The highest BCUT2D eigenvalue weighted by atomic mass is 35.5. The van der Waals surface area contributed by atoms with E-state index in [0.29, 0.717) is 23.6 Å². The minimum Gasteiger partial charge on any atom is -0.435 e. The lowest BCUT2D eigenvalue weighted by Gasteiger charge is -2.08. The minimum atomic E-state index is -2.87. The van der Waals surface area contributed by atoms with Gasteiger partial charge in [-0.1, -0.05) is 35.3 Å². The molecule has 5 nitrogen and oxygen atoms in total. The van der Waals surface area contributed by atoms with Gasteiger partial charge in [-0.15, -0.1) is 0 Å². The number of halogens is 4. The normalized spacial score (nSPS) is 10.6. The van der Waals surface area contributed by atoms with E-state index in [9.17, 15) is 18.4 Å². The van der Waals surface area contributed by atoms with Gasteiger partial charge in [-0.05, 0) is 42.3 Å². The van der Waals surface area contributed by atoms with Crippen LogP contribution in [0.5, 0.6) is 5.75 Å². The van der Waals surface area contributed by atoms with Gasteiger partial charge in [0, 0.05) is 12.1 Å². The first-order valence-corrected chi connectivity index (χ1v) is 8.64. The minimum absolute atomic E-state index is 0.0720. The zero-order chi connectivity index (χ0) is 19.8. The Morgan fingerprint density at radius 2 is 1.70 bits per heavy atom. The van der Waals surface area contributed by atoms with Crippen LogP contribution in [-0.2, 0) is 11.2 Å². The highest BCUT2D eigenvalue weighted by Crippen LogP contribution is 2.22. The van der Waals surface area contributed by atoms with E-state index >= 15 is 0 Å². The quantitative estimate of drug-likeness (QED) is 0.689. The van der Waals surface area contributed by atoms with Gasteiger partial charge in [-0.25, -0.2) is 0 Å². The molecule has 2 rings (SSSR count). The number of benzene rings is 2. The molecule has 2 aromatic carbocycles. The van der Waals surface area contributed by atoms with Crippen LogP contribution in [0.4, 0.5) is 8.78 Å². The number of carbonyl (C=O) groups excluding carboxylic acids is 2. The number of amides is 2. The van der Waals surface area contributed by atoms with Crippen molar-refractivity contribution in [2.75, 3.05) is 13.1 Å². The fourth-order valence-corrected chi connectivity index (χ4v) is 2.44. The molecule has 2 amide bonds. The highest BCUT2D eigenvalue weighted by molar-refractivity contribution is 6.42. The Hall–Kier alpha value is -2.38. The maximum Gasteiger partial charge on any atom is 0.387 e. The first kappa shape index (κ1) is 20.9. The molecule has 27 heavy (non-hydrogen) atoms. The van der Waals surface area contributed by atoms with E-state index in [1.54, 1.807) is 12.1 Å². The summed E-state index contributed by atoms with van der Waals surface area (Å²) in [5.74, 6) is -0.734. The van der Waals surface area contributed by atoms with Crippen molar-refractivity contribution >= 4 is 35.0 Å². The van der Waals surface area contributed by atoms with E-state index in [0.717, 1.165) is 5.56 Å². The number of hydrogen-bond donors (Lipinski definition) is 2. The van der Waals surface area contributed by atoms with E-state index in [1.807, 2.05) is 0 Å². The molecule has 0 radical (unpaired) electrons. The van der Waals surface area contributed by atoms with Gasteiger partial charge in [-0.3, -0.25) is 9.59 Å². The first-order valence-electron chi connectivity index (χ1n) is 7.89. The number of alkyl halides is 2. The number of carbonyl (C=O) groups is 2. The lowest BCUT2D eigenvalue weighted by atomic mass is 10.1. The fraction of sp³-hybridized carbons (Fsp3) is 0.222. The van der Waals surface area contributed by atoms with Gasteiger partial charge >= 0.3 is 6.61 Å². The summed E-state index contributed by atoms with van der Waals surface area (Å²) in [6, 6.07) is 10.5. The van der Waals surface area contributed by atoms with Crippen LogP contribution in [0.2, 0.25) is 10.0 Å². The molecule has 0 atom stereocenters. The summed E-state index contributed by atoms with van der Waals surface area (Å²) < 4.78 is 28.4. The summed E-state index contributed by atoms with van der Waals surface area (Å²) in [7, 11) is 0. The highest BCUT2D eigenvalue weighted by Gasteiger charge is 2.10. The average Bonchev–Trinajstić information content (AvgIpc) is 2.63. The zero-order valence-corrected chi connectivity index (χ0v) is 15.5. The second kappa shape index (κ2) is 10.1. The second-order valence-corrected chi connectivity index (χ2v) is 6.25. The molecule has 0 saturated carbocycles. The maximum atomic E-state index is 12.1. The molecule has 0 unspecified atom stereocenters. The molecule has 2 aromatic rings. The van der Waals surface area contributed by atoms with Crippen molar-refractivity contribution in [1.29, 1.82) is 0 Å². The molecular weight excluding hydrogens is 401 g/mol. The second-order valence-electron chi connectivity index (χ2n) is 5.43. The van der Waals surface area contributed by atoms with Gasteiger partial charge in [0.05, 0.1) is 16.6 Å². The van der Waals surface area contributed by atoms with Crippen LogP contribution in [0.1, 0.15) is 15.9 Å². The van der Waals surface area contributed by atoms with Crippen molar-refractivity contribution in [1.82, 2.24) is 10.6 Å². The third kappa shape index (κ3) is 7.03. The summed E-state index contributed by atoms with van der Waals surface area (Å²) in [6.07, 6.45) is 0.501. The summed E-state index contributed by atoms with van der Waals surface area (Å²) >= 11 is 11.6. The van der Waals surface area contributed by atoms with Crippen LogP contribution >= 0.6 is 23.2 Å². The molecule has 0 bridgehead atoms. The number of rotatable bonds is 8. The van der Waals surface area contributed by atoms with Crippen LogP contribution in [0.25, 0.3) is 0 Å². The standard InChI is InChI=1S/C18H16Cl2F2N2O3/c19-14-6-3-12(9-15(14)20)17(26)24-10-16(25)23-8-7-11-1-4-13(5-2-11)27-18(21)22/h1-6,9,18H,7-8,10H2,(H,23,25)(H,24,26). The van der Waals surface area contributed by atoms with Gasteiger partial charge in [0.1, 0.15) is 5.75 Å². The summed E-state index contributed by atoms with van der Waals surface area (Å²) in [4.78, 5) is 23.7. The van der Waals surface area contributed by atoms with Crippen molar-refractivity contribution < 1.29 is 23.1 Å². The predicted molar refractivity (Wildman–Crippen MR) is 98.6 cm³/mol. The molecule has 0 fully saturated rings. The van der Waals surface area contributed by atoms with Gasteiger partial charge in [0.15, 0.2) is 0 Å². The Morgan fingerprint density at radius 1 is 1.00 bits per heavy atom. The Kier molecular flexibility index (Phi) is 7.82. The number of hydrogen-bond acceptors (Lipinski definition) is 3. The molecule has 0 saturated heterocycles. The van der Waals surface area contributed by atoms with Crippen molar-refractivity contribution in [2.45, 2.75) is 13.0 Å². The monoisotopic (exact) mass is 416 g/mol. The van der Waals surface area contributed by atoms with Crippen LogP contribution in [0.3, 0.4) is 0 Å². The molecule has 0 aliphatic heterocycles. The summed E-state index contributed by atoms with van der Waals surface area (Å²) in [6.45, 7) is -2.73. The molecule has 0 aromatic heterocycles. The Morgan fingerprint density at radius 3 is 2.33 bits per heavy atom. The lowest BCUT2D eigenvalue weighted by Crippen LogP contribution is -2.37. The van der Waals surface area contributed by atoms with E-state index in [2.05, 4.69) is 15.4 Å². The first-order chi connectivity index (χ1) is 12.8. The molecular formula is C18H16Cl2F2N2O3. The van der Waals surface area contributed by atoms with E-state index in [1.165, 1.54) is 30.3 Å². The largest absolute Gasteiger partial charge is 0.435 e. The van der Waals surface area contributed by atoms with Crippen LogP contribution < -0.4 is 15.4 Å². The lowest BCUT2D eigenvalue weighted by molar-refractivity contribution is -0.120. The molecule has 0 spiro atoms. The molecule has 9 heteroatoms. The molecule has 0 heterocycles. The third-order valence-electron chi connectivity index (χ3n) is 3.48. The van der Waals surface area contributed by atoms with Gasteiger partial charge < -0.3 is 15.4 Å². The van der Waals surface area contributed by atoms with E-state index in [-0.39, 0.29) is 23.2 Å². The maximum absolute atomic E-state index is 12.1. The molecule has 0 aliphatic rings. The van der Waals surface area contributed by atoms with Crippen molar-refractivity contribution in [3.8, 4) is 5.75 Å². The van der Waals surface area contributed by atoms with Gasteiger partial charge in [0.2, 0.25) is 5.91 Å². The number of nitrogens with one attached hydrogen (secondary N) is 2. The fourth-order valence-electron chi connectivity index (χ4n) is 2.15. The van der Waals surface area contributed by atoms with Gasteiger partial charge in [0.25, 0.3) is 5.91 Å². The number of ether oxygens (including phenoxy) is 1. The summed E-state index contributed by atoms with van der Waals surface area (Å²) in [5, 5.41) is 5.71. The van der Waals surface area contributed by atoms with Crippen molar-refractivity contribution in [3.63, 3.8) is 0 Å². The zero-order valence-electron chi connectivity index (χ0n) is 14.0. The van der Waals surface area contributed by atoms with E-state index < -0.39 is 12.5 Å². The summed E-state index contributed by atoms with van der Waals surface area (Å²) in [5.41, 5.74) is 1.14. The smallest absolute Gasteiger partial charge is 0.387 e. The Bertz CT molecular complexity index is 802. The average molecular weight is 417 g/mol. The van der Waals surface area contributed by atoms with Crippen LogP contribution in [-0.4, -0.2) is 31.5 Å². The molecule has 2 N–H and O–H groups in total. The third-order valence-corrected chi connectivity index (χ3v) is 4.21. The molecule has 144 valence electrons. The topological polar surface area (TPSA) is 67.4 Å². The van der Waals surface area contributed by atoms with Crippen LogP contribution in [0, 0.1) is 0 Å². The van der Waals surface area contributed by atoms with E-state index in [4.69, 9.17) is 23.2 Å².